The van der Waals surface area contributed by atoms with Crippen molar-refractivity contribution in [1.82, 2.24) is 0 Å². The number of hydrogen-bond donors (Lipinski definition) is 0. The van der Waals surface area contributed by atoms with E-state index in [4.69, 9.17) is 0 Å². The SMILES string of the molecule is CCCCCCC(=O)/C(=C/C1CCCCC1)C[Se]c1ccccc1. The molecule has 132 valence electrons. The van der Waals surface area contributed by atoms with E-state index in [0.29, 0.717) is 26.7 Å². The van der Waals surface area contributed by atoms with Crippen LogP contribution in [0.15, 0.2) is 42.0 Å². The van der Waals surface area contributed by atoms with Gasteiger partial charge >= 0.3 is 154 Å². The summed E-state index contributed by atoms with van der Waals surface area (Å²) in [7, 11) is 0. The number of unbranched alkanes of at least 4 members (excludes halogenated alkanes) is 3. The summed E-state index contributed by atoms with van der Waals surface area (Å²) < 4.78 is 1.40. The zero-order valence-electron chi connectivity index (χ0n) is 15.1. The molecule has 0 N–H and O–H groups in total. The van der Waals surface area contributed by atoms with Crippen molar-refractivity contribution in [2.45, 2.75) is 76.5 Å². The molecule has 24 heavy (non-hydrogen) atoms. The molecule has 2 heteroatoms. The van der Waals surface area contributed by atoms with Crippen LogP contribution in [0, 0.1) is 5.92 Å². The Balaban J connectivity index is 1.94. The van der Waals surface area contributed by atoms with Gasteiger partial charge in [0.2, 0.25) is 0 Å². The Kier molecular flexibility index (Phi) is 9.46. The van der Waals surface area contributed by atoms with Gasteiger partial charge in [0.1, 0.15) is 0 Å². The van der Waals surface area contributed by atoms with Crippen LogP contribution in [0.4, 0.5) is 0 Å². The molecule has 1 saturated carbocycles. The van der Waals surface area contributed by atoms with Gasteiger partial charge in [-0.05, 0) is 0 Å². The van der Waals surface area contributed by atoms with Gasteiger partial charge in [-0.25, -0.2) is 0 Å². The van der Waals surface area contributed by atoms with E-state index >= 15 is 0 Å². The van der Waals surface area contributed by atoms with Crippen LogP contribution in [-0.2, 0) is 4.79 Å². The standard InChI is InChI=1S/C22H32OSe/c1-2-3-4-11-16-22(23)20(17-19-12-7-5-8-13-19)18-24-21-14-9-6-10-15-21/h6,9-10,14-15,17,19H,2-5,7-8,11-13,16,18H2,1H3/b20-17+. The molecule has 0 bridgehead atoms. The molecule has 1 aliphatic rings. The van der Waals surface area contributed by atoms with E-state index in [-0.39, 0.29) is 0 Å². The van der Waals surface area contributed by atoms with Crippen molar-refractivity contribution >= 4 is 25.2 Å². The van der Waals surface area contributed by atoms with E-state index in [9.17, 15) is 4.79 Å². The second kappa shape index (κ2) is 11.7. The summed E-state index contributed by atoms with van der Waals surface area (Å²) >= 11 is 0.376. The van der Waals surface area contributed by atoms with Crippen LogP contribution in [0.1, 0.15) is 71.1 Å². The maximum absolute atomic E-state index is 12.7. The Bertz CT molecular complexity index is 500. The summed E-state index contributed by atoms with van der Waals surface area (Å²) in [5.74, 6) is 1.08. The zero-order chi connectivity index (χ0) is 17.0. The number of ketones is 1. The Labute approximate surface area is 154 Å². The van der Waals surface area contributed by atoms with Crippen molar-refractivity contribution in [2.24, 2.45) is 5.92 Å². The second-order valence-electron chi connectivity index (χ2n) is 6.93. The first kappa shape index (κ1) is 19.5. The average Bonchev–Trinajstić information content (AvgIpc) is 2.64. The predicted molar refractivity (Wildman–Crippen MR) is 105 cm³/mol. The van der Waals surface area contributed by atoms with Crippen molar-refractivity contribution < 1.29 is 4.79 Å². The fraction of sp³-hybridized carbons (Fsp3) is 0.591. The van der Waals surface area contributed by atoms with Gasteiger partial charge in [0.25, 0.3) is 0 Å². The summed E-state index contributed by atoms with van der Waals surface area (Å²) in [5.41, 5.74) is 1.14. The molecule has 0 unspecified atom stereocenters. The number of rotatable bonds is 10. The van der Waals surface area contributed by atoms with Gasteiger partial charge in [-0.2, -0.15) is 0 Å². The van der Waals surface area contributed by atoms with Gasteiger partial charge in [0, 0.05) is 0 Å². The van der Waals surface area contributed by atoms with E-state index in [1.54, 1.807) is 0 Å². The molecule has 0 aliphatic heterocycles. The number of carbonyl (C=O) groups excluding carboxylic acids is 1. The van der Waals surface area contributed by atoms with E-state index in [2.05, 4.69) is 43.3 Å². The molecule has 1 nitrogen and oxygen atoms in total. The Morgan fingerprint density at radius 2 is 1.83 bits per heavy atom. The number of allylic oxidation sites excluding steroid dienone is 2. The molecule has 0 aromatic heterocycles. The van der Waals surface area contributed by atoms with Crippen LogP contribution in [0.3, 0.4) is 0 Å². The third-order valence-corrected chi connectivity index (χ3v) is 7.07. The fourth-order valence-electron chi connectivity index (χ4n) is 3.36. The van der Waals surface area contributed by atoms with Crippen molar-refractivity contribution in [3.63, 3.8) is 0 Å². The quantitative estimate of drug-likeness (QED) is 0.293. The molecule has 1 aromatic rings. The molecule has 0 amide bonds. The molecule has 2 rings (SSSR count). The molecule has 0 heterocycles. The molecule has 1 aliphatic carbocycles. The van der Waals surface area contributed by atoms with Gasteiger partial charge in [0.05, 0.1) is 0 Å². The normalized spacial score (nSPS) is 16.3. The second-order valence-corrected chi connectivity index (χ2v) is 9.13. The fourth-order valence-corrected chi connectivity index (χ4v) is 5.31. The summed E-state index contributed by atoms with van der Waals surface area (Å²) in [4.78, 5) is 12.7. The third kappa shape index (κ3) is 7.36. The third-order valence-electron chi connectivity index (χ3n) is 4.84. The van der Waals surface area contributed by atoms with Crippen LogP contribution < -0.4 is 4.46 Å². The summed E-state index contributed by atoms with van der Waals surface area (Å²) in [6, 6.07) is 10.7. The first-order valence-corrected chi connectivity index (χ1v) is 11.8. The Hall–Kier alpha value is -0.851. The monoisotopic (exact) mass is 392 g/mol. The van der Waals surface area contributed by atoms with E-state index in [1.807, 2.05) is 0 Å². The maximum atomic E-state index is 12.7. The first-order chi connectivity index (χ1) is 11.8. The van der Waals surface area contributed by atoms with Gasteiger partial charge < -0.3 is 0 Å². The first-order valence-electron chi connectivity index (χ1n) is 9.71. The molecule has 0 saturated heterocycles. The van der Waals surface area contributed by atoms with Crippen molar-refractivity contribution in [1.29, 1.82) is 0 Å². The van der Waals surface area contributed by atoms with Crippen LogP contribution in [-0.4, -0.2) is 20.7 Å². The van der Waals surface area contributed by atoms with E-state index < -0.39 is 0 Å². The van der Waals surface area contributed by atoms with Crippen molar-refractivity contribution in [3.05, 3.63) is 42.0 Å². The minimum atomic E-state index is 0.376. The van der Waals surface area contributed by atoms with Gasteiger partial charge in [-0.15, -0.1) is 0 Å². The molecular formula is C22H32OSe. The van der Waals surface area contributed by atoms with Gasteiger partial charge in [0.15, 0.2) is 0 Å². The van der Waals surface area contributed by atoms with Gasteiger partial charge in [-0.3, -0.25) is 0 Å². The number of hydrogen-bond acceptors (Lipinski definition) is 1. The molecular weight excluding hydrogens is 359 g/mol. The summed E-state index contributed by atoms with van der Waals surface area (Å²) in [5, 5.41) is 0.972. The average molecular weight is 391 g/mol. The van der Waals surface area contributed by atoms with Crippen molar-refractivity contribution in [3.8, 4) is 0 Å². The topological polar surface area (TPSA) is 17.1 Å². The van der Waals surface area contributed by atoms with E-state index in [0.717, 1.165) is 23.7 Å². The molecule has 1 aromatic carbocycles. The zero-order valence-corrected chi connectivity index (χ0v) is 16.8. The van der Waals surface area contributed by atoms with Crippen LogP contribution in [0.2, 0.25) is 5.32 Å². The Morgan fingerprint density at radius 1 is 1.08 bits per heavy atom. The molecule has 0 spiro atoms. The van der Waals surface area contributed by atoms with E-state index in [1.165, 1.54) is 55.8 Å². The Morgan fingerprint density at radius 3 is 2.54 bits per heavy atom. The number of carbonyl (C=O) groups is 1. The van der Waals surface area contributed by atoms with Crippen LogP contribution in [0.25, 0.3) is 0 Å². The van der Waals surface area contributed by atoms with Gasteiger partial charge in [-0.1, -0.05) is 0 Å². The van der Waals surface area contributed by atoms with Crippen molar-refractivity contribution in [2.75, 3.05) is 0 Å². The van der Waals surface area contributed by atoms with Crippen LogP contribution in [0.5, 0.6) is 0 Å². The summed E-state index contributed by atoms with van der Waals surface area (Å²) in [6.07, 6.45) is 14.5. The minimum absolute atomic E-state index is 0.376. The molecule has 1 fully saturated rings. The predicted octanol–water partition coefficient (Wildman–Crippen LogP) is 5.48. The molecule has 0 atom stereocenters. The number of Topliss-reactive ketones (excluding diaryl/α,β-unsaturated/α-hetero) is 1. The number of benzene rings is 1. The summed E-state index contributed by atoms with van der Waals surface area (Å²) in [6.45, 7) is 2.22. The molecule has 0 radical (unpaired) electrons. The van der Waals surface area contributed by atoms with Crippen LogP contribution >= 0.6 is 0 Å².